The first-order valence-electron chi connectivity index (χ1n) is 4.55. The second-order valence-electron chi connectivity index (χ2n) is 3.25. The third-order valence-electron chi connectivity index (χ3n) is 2.17. The lowest BCUT2D eigenvalue weighted by molar-refractivity contribution is 0.414. The average molecular weight is 240 g/mol. The van der Waals surface area contributed by atoms with E-state index in [1.165, 1.54) is 0 Å². The molecule has 0 unspecified atom stereocenters. The number of aromatic nitrogens is 2. The third-order valence-corrected chi connectivity index (χ3v) is 2.47. The van der Waals surface area contributed by atoms with E-state index < -0.39 is 0 Å². The van der Waals surface area contributed by atoms with Gasteiger partial charge in [0.05, 0.1) is 12.1 Å². The zero-order chi connectivity index (χ0) is 11.7. The largest absolute Gasteiger partial charge is 0.495 e. The molecule has 1 aromatic heterocycles. The molecule has 1 aromatic carbocycles. The molecule has 2 aromatic rings. The van der Waals surface area contributed by atoms with Crippen molar-refractivity contribution in [1.29, 1.82) is 0 Å². The van der Waals surface area contributed by atoms with Crippen LogP contribution in [0.5, 0.6) is 5.75 Å². The van der Waals surface area contributed by atoms with Crippen LogP contribution in [0.2, 0.25) is 5.02 Å². The number of benzene rings is 1. The van der Waals surface area contributed by atoms with Crippen LogP contribution in [0.15, 0.2) is 16.5 Å². The van der Waals surface area contributed by atoms with Gasteiger partial charge in [0.25, 0.3) is 0 Å². The highest BCUT2D eigenvalue weighted by Gasteiger charge is 2.13. The maximum absolute atomic E-state index is 6.01. The summed E-state index contributed by atoms with van der Waals surface area (Å²) in [6, 6.07) is 3.54. The Bertz CT molecular complexity index is 525. The smallest absolute Gasteiger partial charge is 0.313 e. The number of ether oxygens (including phenoxy) is 1. The minimum Gasteiger partial charge on any atom is -0.495 e. The molecule has 0 amide bonds. The minimum absolute atomic E-state index is 0.0290. The standard InChI is InChI=1S/C10H10ClN3O2/c1-5-3-8(15-2)7(11)4-6(5)9-13-14-10(12)16-9/h3-4H,1-2H3,(H2,12,14). The van der Waals surface area contributed by atoms with E-state index in [-0.39, 0.29) is 6.01 Å². The molecule has 16 heavy (non-hydrogen) atoms. The molecule has 0 spiro atoms. The van der Waals surface area contributed by atoms with Crippen molar-refractivity contribution < 1.29 is 9.15 Å². The number of anilines is 1. The number of methoxy groups -OCH3 is 1. The van der Waals surface area contributed by atoms with Gasteiger partial charge in [-0.2, -0.15) is 0 Å². The van der Waals surface area contributed by atoms with E-state index in [9.17, 15) is 0 Å². The molecule has 1 heterocycles. The zero-order valence-corrected chi connectivity index (χ0v) is 9.58. The monoisotopic (exact) mass is 239 g/mol. The topological polar surface area (TPSA) is 74.2 Å². The fourth-order valence-corrected chi connectivity index (χ4v) is 1.63. The summed E-state index contributed by atoms with van der Waals surface area (Å²) in [5.41, 5.74) is 7.03. The lowest BCUT2D eigenvalue weighted by Crippen LogP contribution is -1.89. The Balaban J connectivity index is 2.54. The molecule has 0 saturated heterocycles. The molecule has 0 bridgehead atoms. The summed E-state index contributed by atoms with van der Waals surface area (Å²) in [6.07, 6.45) is 0. The predicted octanol–water partition coefficient (Wildman–Crippen LogP) is 2.29. The summed E-state index contributed by atoms with van der Waals surface area (Å²) in [6.45, 7) is 1.90. The maximum atomic E-state index is 6.01. The van der Waals surface area contributed by atoms with E-state index in [4.69, 9.17) is 26.5 Å². The number of hydrogen-bond acceptors (Lipinski definition) is 5. The third kappa shape index (κ3) is 1.81. The summed E-state index contributed by atoms with van der Waals surface area (Å²) in [7, 11) is 1.56. The van der Waals surface area contributed by atoms with Gasteiger partial charge in [0.1, 0.15) is 5.75 Å². The fraction of sp³-hybridized carbons (Fsp3) is 0.200. The molecular weight excluding hydrogens is 230 g/mol. The van der Waals surface area contributed by atoms with Crippen molar-refractivity contribution in [1.82, 2.24) is 10.2 Å². The van der Waals surface area contributed by atoms with Crippen LogP contribution in [0.4, 0.5) is 6.01 Å². The first kappa shape index (κ1) is 10.8. The number of nitrogens with zero attached hydrogens (tertiary/aromatic N) is 2. The Morgan fingerprint density at radius 2 is 2.12 bits per heavy atom. The van der Waals surface area contributed by atoms with Crippen LogP contribution >= 0.6 is 11.6 Å². The van der Waals surface area contributed by atoms with Crippen LogP contribution < -0.4 is 10.5 Å². The molecule has 0 aliphatic rings. The van der Waals surface area contributed by atoms with Gasteiger partial charge in [-0.15, -0.1) is 5.10 Å². The predicted molar refractivity (Wildman–Crippen MR) is 60.4 cm³/mol. The number of halogens is 1. The molecule has 5 nitrogen and oxygen atoms in total. The summed E-state index contributed by atoms with van der Waals surface area (Å²) in [5, 5.41) is 7.88. The zero-order valence-electron chi connectivity index (χ0n) is 8.82. The average Bonchev–Trinajstić information content (AvgIpc) is 2.67. The maximum Gasteiger partial charge on any atom is 0.313 e. The van der Waals surface area contributed by atoms with Crippen LogP contribution in [0, 0.1) is 6.92 Å². The molecule has 0 atom stereocenters. The molecule has 0 aliphatic carbocycles. The second kappa shape index (κ2) is 4.02. The van der Waals surface area contributed by atoms with Crippen molar-refractivity contribution >= 4 is 17.6 Å². The van der Waals surface area contributed by atoms with Gasteiger partial charge in [-0.3, -0.25) is 0 Å². The number of aryl methyl sites for hydroxylation is 1. The van der Waals surface area contributed by atoms with Crippen molar-refractivity contribution in [3.8, 4) is 17.2 Å². The van der Waals surface area contributed by atoms with Crippen LogP contribution in [-0.4, -0.2) is 17.3 Å². The Kier molecular flexibility index (Phi) is 2.70. The van der Waals surface area contributed by atoms with Gasteiger partial charge in [0.2, 0.25) is 5.89 Å². The first-order chi connectivity index (χ1) is 7.61. The lowest BCUT2D eigenvalue weighted by Gasteiger charge is -2.07. The molecule has 84 valence electrons. The summed E-state index contributed by atoms with van der Waals surface area (Å²) < 4.78 is 10.2. The van der Waals surface area contributed by atoms with Crippen LogP contribution in [0.3, 0.4) is 0 Å². The highest BCUT2D eigenvalue weighted by molar-refractivity contribution is 6.32. The van der Waals surface area contributed by atoms with Crippen molar-refractivity contribution in [2.75, 3.05) is 12.8 Å². The molecule has 0 fully saturated rings. The highest BCUT2D eigenvalue weighted by atomic mass is 35.5. The Hall–Kier alpha value is -1.75. The van der Waals surface area contributed by atoms with E-state index in [0.29, 0.717) is 16.7 Å². The van der Waals surface area contributed by atoms with E-state index >= 15 is 0 Å². The van der Waals surface area contributed by atoms with Gasteiger partial charge >= 0.3 is 6.01 Å². The number of rotatable bonds is 2. The molecular formula is C10H10ClN3O2. The van der Waals surface area contributed by atoms with Gasteiger partial charge in [-0.1, -0.05) is 16.7 Å². The summed E-state index contributed by atoms with van der Waals surface area (Å²) in [4.78, 5) is 0. The Labute approximate surface area is 97.2 Å². The minimum atomic E-state index is 0.0290. The molecule has 2 N–H and O–H groups in total. The summed E-state index contributed by atoms with van der Waals surface area (Å²) >= 11 is 6.01. The van der Waals surface area contributed by atoms with Gasteiger partial charge < -0.3 is 14.9 Å². The van der Waals surface area contributed by atoms with Gasteiger partial charge in [0, 0.05) is 5.56 Å². The molecule has 6 heteroatoms. The number of nitrogen functional groups attached to an aromatic ring is 1. The normalized spacial score (nSPS) is 10.4. The first-order valence-corrected chi connectivity index (χ1v) is 4.93. The highest BCUT2D eigenvalue weighted by Crippen LogP contribution is 2.32. The molecule has 2 rings (SSSR count). The van der Waals surface area contributed by atoms with Crippen molar-refractivity contribution in [2.24, 2.45) is 0 Å². The van der Waals surface area contributed by atoms with E-state index in [1.807, 2.05) is 6.92 Å². The van der Waals surface area contributed by atoms with Crippen LogP contribution in [-0.2, 0) is 0 Å². The molecule has 0 aliphatic heterocycles. The fourth-order valence-electron chi connectivity index (χ4n) is 1.39. The second-order valence-corrected chi connectivity index (χ2v) is 3.65. The van der Waals surface area contributed by atoms with Crippen LogP contribution in [0.25, 0.3) is 11.5 Å². The van der Waals surface area contributed by atoms with E-state index in [0.717, 1.165) is 11.1 Å². The molecule has 0 radical (unpaired) electrons. The van der Waals surface area contributed by atoms with Gasteiger partial charge in [-0.05, 0) is 24.6 Å². The SMILES string of the molecule is COc1cc(C)c(-c2nnc(N)o2)cc1Cl. The Morgan fingerprint density at radius 1 is 1.38 bits per heavy atom. The Morgan fingerprint density at radius 3 is 2.69 bits per heavy atom. The lowest BCUT2D eigenvalue weighted by atomic mass is 10.1. The quantitative estimate of drug-likeness (QED) is 0.870. The van der Waals surface area contributed by atoms with Gasteiger partial charge in [-0.25, -0.2) is 0 Å². The van der Waals surface area contributed by atoms with Crippen LogP contribution in [0.1, 0.15) is 5.56 Å². The number of nitrogens with two attached hydrogens (primary N) is 1. The van der Waals surface area contributed by atoms with Gasteiger partial charge in [0.15, 0.2) is 0 Å². The summed E-state index contributed by atoms with van der Waals surface area (Å²) in [5.74, 6) is 0.954. The van der Waals surface area contributed by atoms with E-state index in [2.05, 4.69) is 10.2 Å². The van der Waals surface area contributed by atoms with Crippen molar-refractivity contribution in [2.45, 2.75) is 6.92 Å². The number of hydrogen-bond donors (Lipinski definition) is 1. The van der Waals surface area contributed by atoms with Crippen molar-refractivity contribution in [3.63, 3.8) is 0 Å². The van der Waals surface area contributed by atoms with E-state index in [1.54, 1.807) is 19.2 Å². The molecule has 0 saturated carbocycles. The van der Waals surface area contributed by atoms with Crippen molar-refractivity contribution in [3.05, 3.63) is 22.7 Å².